The molecule has 0 unspecified atom stereocenters. The number of nitrogens with one attached hydrogen (secondary N) is 3. The van der Waals surface area contributed by atoms with Crippen molar-refractivity contribution >= 4 is 34.8 Å². The van der Waals surface area contributed by atoms with Gasteiger partial charge in [0, 0.05) is 28.6 Å². The molecule has 3 aromatic carbocycles. The summed E-state index contributed by atoms with van der Waals surface area (Å²) in [5.74, 6) is -0.666. The highest BCUT2D eigenvalue weighted by atomic mass is 19.1. The van der Waals surface area contributed by atoms with E-state index in [4.69, 9.17) is 0 Å². The summed E-state index contributed by atoms with van der Waals surface area (Å²) in [7, 11) is 0. The van der Waals surface area contributed by atoms with E-state index in [0.717, 1.165) is 11.1 Å². The van der Waals surface area contributed by atoms with Gasteiger partial charge in [-0.15, -0.1) is 0 Å². The van der Waals surface area contributed by atoms with Crippen molar-refractivity contribution in [3.05, 3.63) is 95.9 Å². The molecule has 5 rings (SSSR count). The van der Waals surface area contributed by atoms with Crippen LogP contribution in [0.4, 0.5) is 27.4 Å². The zero-order valence-electron chi connectivity index (χ0n) is 17.3. The standard InChI is InChI=1S/C25H18FN5O2/c26-19-6-2-4-8-21(19)30-24(33)15-9-11-17(12-10-15)28-25-27-14-16-13-22(32)29-20-7-3-1-5-18(20)23(16)31-25/h1-12,14H,13H2,(H,29,32)(H,30,33)(H,27,28,31). The predicted octanol–water partition coefficient (Wildman–Crippen LogP) is 4.77. The molecule has 0 bridgehead atoms. The van der Waals surface area contributed by atoms with Crippen LogP contribution in [0.5, 0.6) is 0 Å². The lowest BCUT2D eigenvalue weighted by atomic mass is 10.1. The van der Waals surface area contributed by atoms with Crippen molar-refractivity contribution in [2.45, 2.75) is 6.42 Å². The van der Waals surface area contributed by atoms with E-state index in [1.54, 1.807) is 42.6 Å². The monoisotopic (exact) mass is 439 g/mol. The summed E-state index contributed by atoms with van der Waals surface area (Å²) in [6.45, 7) is 0. The van der Waals surface area contributed by atoms with Gasteiger partial charge in [0.1, 0.15) is 5.82 Å². The molecule has 2 amide bonds. The fourth-order valence-corrected chi connectivity index (χ4v) is 3.59. The van der Waals surface area contributed by atoms with Crippen molar-refractivity contribution in [2.24, 2.45) is 0 Å². The minimum atomic E-state index is -0.497. The normalized spacial score (nSPS) is 12.1. The summed E-state index contributed by atoms with van der Waals surface area (Å²) in [5.41, 5.74) is 4.13. The molecule has 0 fully saturated rings. The quantitative estimate of drug-likeness (QED) is 0.426. The molecule has 0 saturated carbocycles. The van der Waals surface area contributed by atoms with Crippen LogP contribution in [-0.2, 0) is 11.2 Å². The molecule has 1 aliphatic rings. The van der Waals surface area contributed by atoms with Gasteiger partial charge in [-0.3, -0.25) is 9.59 Å². The average molecular weight is 439 g/mol. The summed E-state index contributed by atoms with van der Waals surface area (Å²) in [6, 6.07) is 20.2. The van der Waals surface area contributed by atoms with Gasteiger partial charge in [0.25, 0.3) is 5.91 Å². The van der Waals surface area contributed by atoms with Crippen LogP contribution >= 0.6 is 0 Å². The molecule has 2 heterocycles. The molecule has 1 aliphatic heterocycles. The molecule has 4 aromatic rings. The average Bonchev–Trinajstić information content (AvgIpc) is 2.96. The number of nitrogens with zero attached hydrogens (tertiary/aromatic N) is 2. The van der Waals surface area contributed by atoms with Crippen LogP contribution < -0.4 is 16.0 Å². The second-order valence-electron chi connectivity index (χ2n) is 7.47. The lowest BCUT2D eigenvalue weighted by Crippen LogP contribution is -2.13. The van der Waals surface area contributed by atoms with E-state index in [9.17, 15) is 14.0 Å². The first-order chi connectivity index (χ1) is 16.1. The van der Waals surface area contributed by atoms with E-state index in [-0.39, 0.29) is 18.0 Å². The first-order valence-electron chi connectivity index (χ1n) is 10.2. The Kier molecular flexibility index (Phi) is 5.24. The minimum absolute atomic E-state index is 0.116. The topological polar surface area (TPSA) is 96.0 Å². The highest BCUT2D eigenvalue weighted by Crippen LogP contribution is 2.32. The van der Waals surface area contributed by atoms with E-state index in [1.807, 2.05) is 24.3 Å². The van der Waals surface area contributed by atoms with Crippen LogP contribution in [0.3, 0.4) is 0 Å². The number of rotatable bonds is 4. The maximum atomic E-state index is 13.8. The minimum Gasteiger partial charge on any atom is -0.325 e. The maximum absolute atomic E-state index is 13.8. The highest BCUT2D eigenvalue weighted by Gasteiger charge is 2.20. The first-order valence-corrected chi connectivity index (χ1v) is 10.2. The molecular formula is C25H18FN5O2. The van der Waals surface area contributed by atoms with Crippen LogP contribution in [0.1, 0.15) is 15.9 Å². The van der Waals surface area contributed by atoms with Crippen LogP contribution in [0.25, 0.3) is 11.3 Å². The van der Waals surface area contributed by atoms with Gasteiger partial charge in [0.15, 0.2) is 0 Å². The second kappa shape index (κ2) is 8.51. The molecule has 1 aromatic heterocycles. The molecule has 7 nitrogen and oxygen atoms in total. The van der Waals surface area contributed by atoms with Crippen molar-refractivity contribution in [3.8, 4) is 11.3 Å². The van der Waals surface area contributed by atoms with E-state index in [1.165, 1.54) is 12.1 Å². The van der Waals surface area contributed by atoms with Gasteiger partial charge in [0.05, 0.1) is 23.5 Å². The Morgan fingerprint density at radius 1 is 0.970 bits per heavy atom. The molecule has 0 saturated heterocycles. The number of hydrogen-bond donors (Lipinski definition) is 3. The maximum Gasteiger partial charge on any atom is 0.255 e. The van der Waals surface area contributed by atoms with E-state index in [2.05, 4.69) is 25.9 Å². The zero-order chi connectivity index (χ0) is 22.8. The van der Waals surface area contributed by atoms with Crippen LogP contribution in [0.15, 0.2) is 79.0 Å². The third-order valence-corrected chi connectivity index (χ3v) is 5.20. The van der Waals surface area contributed by atoms with Gasteiger partial charge in [-0.1, -0.05) is 30.3 Å². The summed E-state index contributed by atoms with van der Waals surface area (Å²) in [6.07, 6.45) is 1.83. The molecule has 0 radical (unpaired) electrons. The van der Waals surface area contributed by atoms with Crippen LogP contribution in [-0.4, -0.2) is 21.8 Å². The fraction of sp³-hybridized carbons (Fsp3) is 0.0400. The van der Waals surface area contributed by atoms with E-state index >= 15 is 0 Å². The van der Waals surface area contributed by atoms with Crippen LogP contribution in [0.2, 0.25) is 0 Å². The number of para-hydroxylation sites is 2. The van der Waals surface area contributed by atoms with Crippen molar-refractivity contribution in [1.82, 2.24) is 9.97 Å². The molecular weight excluding hydrogens is 421 g/mol. The number of carbonyl (C=O) groups excluding carboxylic acids is 2. The zero-order valence-corrected chi connectivity index (χ0v) is 17.3. The Hall–Kier alpha value is -4.59. The summed E-state index contributed by atoms with van der Waals surface area (Å²) in [4.78, 5) is 33.6. The van der Waals surface area contributed by atoms with Crippen molar-refractivity contribution in [1.29, 1.82) is 0 Å². The smallest absolute Gasteiger partial charge is 0.255 e. The first kappa shape index (κ1) is 20.3. The predicted molar refractivity (Wildman–Crippen MR) is 124 cm³/mol. The highest BCUT2D eigenvalue weighted by molar-refractivity contribution is 6.04. The summed E-state index contributed by atoms with van der Waals surface area (Å²) in [5, 5.41) is 8.57. The third-order valence-electron chi connectivity index (χ3n) is 5.20. The summed E-state index contributed by atoms with van der Waals surface area (Å²) >= 11 is 0. The van der Waals surface area contributed by atoms with Gasteiger partial charge in [-0.2, -0.15) is 0 Å². The largest absolute Gasteiger partial charge is 0.325 e. The van der Waals surface area contributed by atoms with E-state index < -0.39 is 11.7 Å². The molecule has 0 spiro atoms. The number of benzene rings is 3. The van der Waals surface area contributed by atoms with Gasteiger partial charge in [0.2, 0.25) is 11.9 Å². The molecule has 162 valence electrons. The molecule has 3 N–H and O–H groups in total. The van der Waals surface area contributed by atoms with Crippen molar-refractivity contribution < 1.29 is 14.0 Å². The number of aromatic nitrogens is 2. The lowest BCUT2D eigenvalue weighted by Gasteiger charge is -2.11. The lowest BCUT2D eigenvalue weighted by molar-refractivity contribution is -0.115. The number of amides is 2. The number of fused-ring (bicyclic) bond motifs is 3. The number of hydrogen-bond acceptors (Lipinski definition) is 5. The number of anilines is 4. The number of carbonyl (C=O) groups is 2. The third kappa shape index (κ3) is 4.27. The fourth-order valence-electron chi connectivity index (χ4n) is 3.59. The van der Waals surface area contributed by atoms with E-state index in [0.29, 0.717) is 28.6 Å². The van der Waals surface area contributed by atoms with Gasteiger partial charge in [-0.25, -0.2) is 14.4 Å². The Bertz CT molecular complexity index is 1370. The van der Waals surface area contributed by atoms with Gasteiger partial charge < -0.3 is 16.0 Å². The Morgan fingerprint density at radius 3 is 2.55 bits per heavy atom. The van der Waals surface area contributed by atoms with Crippen LogP contribution in [0, 0.1) is 5.82 Å². The van der Waals surface area contributed by atoms with Crippen molar-refractivity contribution in [3.63, 3.8) is 0 Å². The number of halogens is 1. The van der Waals surface area contributed by atoms with Gasteiger partial charge >= 0.3 is 0 Å². The van der Waals surface area contributed by atoms with Crippen molar-refractivity contribution in [2.75, 3.05) is 16.0 Å². The molecule has 33 heavy (non-hydrogen) atoms. The van der Waals surface area contributed by atoms with Gasteiger partial charge in [-0.05, 0) is 42.5 Å². The SMILES string of the molecule is O=C1Cc2cnc(Nc3ccc(C(=O)Nc4ccccc4F)cc3)nc2-c2ccccc2N1. The molecule has 8 heteroatoms. The summed E-state index contributed by atoms with van der Waals surface area (Å²) < 4.78 is 13.8. The Labute approximate surface area is 188 Å². The Morgan fingerprint density at radius 2 is 1.73 bits per heavy atom. The Balaban J connectivity index is 1.36. The second-order valence-corrected chi connectivity index (χ2v) is 7.47. The molecule has 0 aliphatic carbocycles. The molecule has 0 atom stereocenters.